The van der Waals surface area contributed by atoms with Crippen LogP contribution in [-0.4, -0.2) is 41.7 Å². The summed E-state index contributed by atoms with van der Waals surface area (Å²) in [6, 6.07) is 14.5. The predicted molar refractivity (Wildman–Crippen MR) is 123 cm³/mol. The van der Waals surface area contributed by atoms with Gasteiger partial charge < -0.3 is 24.8 Å². The van der Waals surface area contributed by atoms with Crippen molar-refractivity contribution in [2.24, 2.45) is 0 Å². The van der Waals surface area contributed by atoms with Crippen molar-refractivity contribution in [3.05, 3.63) is 54.1 Å². The van der Waals surface area contributed by atoms with E-state index in [0.717, 1.165) is 57.4 Å². The Labute approximate surface area is 185 Å². The maximum absolute atomic E-state index is 12.6. The van der Waals surface area contributed by atoms with Crippen LogP contribution in [0.1, 0.15) is 44.1 Å². The lowest BCUT2D eigenvalue weighted by Crippen LogP contribution is -2.20. The summed E-state index contributed by atoms with van der Waals surface area (Å²) >= 11 is 0. The molecule has 1 unspecified atom stereocenters. The van der Waals surface area contributed by atoms with E-state index in [0.29, 0.717) is 12.4 Å². The molecule has 0 radical (unpaired) electrons. The van der Waals surface area contributed by atoms with Crippen molar-refractivity contribution in [3.8, 4) is 17.2 Å². The molecule has 170 valence electrons. The van der Waals surface area contributed by atoms with Gasteiger partial charge in [0, 0.05) is 5.66 Å². The standard InChI is InChI=1S/C24H34NO5P/c26-21-9-13-22(14-10-21)29-18-4-16-25-17-15-20-7-11-23(12-8-20)30-19-31(27,28)24-5-2-1-3-6-24/h7-14,24-26H,1-6,15-19H2,(H,27,28). The molecule has 1 saturated carbocycles. The Hall–Kier alpha value is -2.01. The van der Waals surface area contributed by atoms with Crippen LogP contribution >= 0.6 is 7.37 Å². The SMILES string of the molecule is O=P(O)(COc1ccc(CCNCCCOc2ccc(O)cc2)cc1)C1CCCCC1. The molecule has 0 saturated heterocycles. The van der Waals surface area contributed by atoms with E-state index in [4.69, 9.17) is 9.47 Å². The van der Waals surface area contributed by atoms with E-state index in [1.807, 2.05) is 24.3 Å². The van der Waals surface area contributed by atoms with Crippen molar-refractivity contribution in [1.29, 1.82) is 0 Å². The third-order valence-corrected chi connectivity index (χ3v) is 7.84. The highest BCUT2D eigenvalue weighted by molar-refractivity contribution is 7.58. The van der Waals surface area contributed by atoms with Gasteiger partial charge in [0.2, 0.25) is 7.37 Å². The highest BCUT2D eigenvalue weighted by Gasteiger charge is 2.32. The molecule has 1 fully saturated rings. The van der Waals surface area contributed by atoms with Gasteiger partial charge in [-0.15, -0.1) is 0 Å². The lowest BCUT2D eigenvalue weighted by molar-refractivity contribution is 0.308. The van der Waals surface area contributed by atoms with E-state index in [1.54, 1.807) is 24.3 Å². The summed E-state index contributed by atoms with van der Waals surface area (Å²) < 4.78 is 23.8. The van der Waals surface area contributed by atoms with E-state index in [2.05, 4.69) is 5.32 Å². The number of benzene rings is 2. The Morgan fingerprint density at radius 1 is 0.903 bits per heavy atom. The summed E-state index contributed by atoms with van der Waals surface area (Å²) in [5.41, 5.74) is 1.10. The second-order valence-corrected chi connectivity index (χ2v) is 10.7. The number of hydrogen-bond acceptors (Lipinski definition) is 5. The molecule has 1 aliphatic rings. The van der Waals surface area contributed by atoms with Crippen LogP contribution in [0.25, 0.3) is 0 Å². The Morgan fingerprint density at radius 3 is 2.26 bits per heavy atom. The van der Waals surface area contributed by atoms with Crippen molar-refractivity contribution in [2.45, 2.75) is 50.6 Å². The molecule has 31 heavy (non-hydrogen) atoms. The zero-order chi connectivity index (χ0) is 21.9. The smallest absolute Gasteiger partial charge is 0.239 e. The summed E-state index contributed by atoms with van der Waals surface area (Å²) in [4.78, 5) is 10.3. The maximum Gasteiger partial charge on any atom is 0.239 e. The summed E-state index contributed by atoms with van der Waals surface area (Å²) in [5, 5.41) is 12.7. The van der Waals surface area contributed by atoms with Gasteiger partial charge in [-0.1, -0.05) is 31.4 Å². The fraction of sp³-hybridized carbons (Fsp3) is 0.500. The predicted octanol–water partition coefficient (Wildman–Crippen LogP) is 4.93. The molecule has 2 aromatic carbocycles. The molecule has 0 heterocycles. The summed E-state index contributed by atoms with van der Waals surface area (Å²) in [6.07, 6.45) is 6.65. The monoisotopic (exact) mass is 447 g/mol. The van der Waals surface area contributed by atoms with Gasteiger partial charge in [-0.05, 0) is 80.7 Å². The molecule has 3 rings (SSSR count). The molecule has 1 atom stereocenters. The molecule has 0 spiro atoms. The molecule has 2 aromatic rings. The number of phenols is 1. The number of phenolic OH excluding ortho intramolecular Hbond substituents is 1. The minimum Gasteiger partial charge on any atom is -0.508 e. The number of aromatic hydroxyl groups is 1. The van der Waals surface area contributed by atoms with Crippen LogP contribution in [-0.2, 0) is 11.0 Å². The zero-order valence-corrected chi connectivity index (χ0v) is 18.9. The minimum absolute atomic E-state index is 0.0925. The van der Waals surface area contributed by atoms with Crippen LogP contribution in [0.15, 0.2) is 48.5 Å². The molecule has 7 heteroatoms. The topological polar surface area (TPSA) is 88.0 Å². The first-order valence-corrected chi connectivity index (χ1v) is 13.1. The molecular weight excluding hydrogens is 413 g/mol. The van der Waals surface area contributed by atoms with Gasteiger partial charge >= 0.3 is 0 Å². The van der Waals surface area contributed by atoms with Crippen LogP contribution in [0.5, 0.6) is 17.2 Å². The lowest BCUT2D eigenvalue weighted by Gasteiger charge is -2.26. The zero-order valence-electron chi connectivity index (χ0n) is 18.0. The molecule has 1 aliphatic carbocycles. The molecule has 6 nitrogen and oxygen atoms in total. The van der Waals surface area contributed by atoms with Crippen LogP contribution < -0.4 is 14.8 Å². The number of nitrogens with one attached hydrogen (secondary N) is 1. The van der Waals surface area contributed by atoms with Gasteiger partial charge in [0.05, 0.1) is 6.61 Å². The Bertz CT molecular complexity index is 819. The van der Waals surface area contributed by atoms with Crippen LogP contribution in [0, 0.1) is 0 Å². The summed E-state index contributed by atoms with van der Waals surface area (Å²) in [7, 11) is -3.25. The normalized spacial score (nSPS) is 16.5. The maximum atomic E-state index is 12.6. The first kappa shape index (κ1) is 23.6. The van der Waals surface area contributed by atoms with Gasteiger partial charge in [-0.25, -0.2) is 0 Å². The molecule has 0 amide bonds. The minimum atomic E-state index is -3.25. The fourth-order valence-electron chi connectivity index (χ4n) is 3.80. The average Bonchev–Trinajstić information content (AvgIpc) is 2.80. The molecule has 3 N–H and O–H groups in total. The van der Waals surface area contributed by atoms with Gasteiger partial charge in [-0.3, -0.25) is 4.57 Å². The first-order valence-electron chi connectivity index (χ1n) is 11.2. The number of ether oxygens (including phenoxy) is 2. The molecule has 0 aromatic heterocycles. The van der Waals surface area contributed by atoms with Crippen LogP contribution in [0.2, 0.25) is 0 Å². The third kappa shape index (κ3) is 8.21. The number of hydrogen-bond donors (Lipinski definition) is 3. The largest absolute Gasteiger partial charge is 0.508 e. The Kier molecular flexibility index (Phi) is 9.26. The second kappa shape index (κ2) is 12.1. The number of rotatable bonds is 12. The van der Waals surface area contributed by atoms with Gasteiger partial charge in [0.25, 0.3) is 0 Å². The van der Waals surface area contributed by atoms with E-state index >= 15 is 0 Å². The van der Waals surface area contributed by atoms with Crippen LogP contribution in [0.4, 0.5) is 0 Å². The van der Waals surface area contributed by atoms with Crippen molar-refractivity contribution in [3.63, 3.8) is 0 Å². The lowest BCUT2D eigenvalue weighted by atomic mass is 10.0. The van der Waals surface area contributed by atoms with Crippen molar-refractivity contribution in [2.75, 3.05) is 26.0 Å². The second-order valence-electron chi connectivity index (χ2n) is 8.16. The average molecular weight is 448 g/mol. The highest BCUT2D eigenvalue weighted by atomic mass is 31.2. The van der Waals surface area contributed by atoms with Gasteiger partial charge in [0.15, 0.2) is 6.35 Å². The van der Waals surface area contributed by atoms with E-state index < -0.39 is 7.37 Å². The van der Waals surface area contributed by atoms with E-state index in [-0.39, 0.29) is 17.8 Å². The van der Waals surface area contributed by atoms with Gasteiger partial charge in [-0.2, -0.15) is 0 Å². The summed E-state index contributed by atoms with van der Waals surface area (Å²) in [5.74, 6) is 1.64. The molecule has 0 bridgehead atoms. The van der Waals surface area contributed by atoms with Crippen molar-refractivity contribution >= 4 is 7.37 Å². The van der Waals surface area contributed by atoms with Crippen molar-refractivity contribution < 1.29 is 24.0 Å². The van der Waals surface area contributed by atoms with Crippen LogP contribution in [0.3, 0.4) is 0 Å². The van der Waals surface area contributed by atoms with E-state index in [1.165, 1.54) is 12.0 Å². The van der Waals surface area contributed by atoms with Crippen molar-refractivity contribution in [1.82, 2.24) is 5.32 Å². The highest BCUT2D eigenvalue weighted by Crippen LogP contribution is 2.51. The van der Waals surface area contributed by atoms with E-state index in [9.17, 15) is 14.6 Å². The molecular formula is C24H34NO5P. The fourth-order valence-corrected chi connectivity index (χ4v) is 5.51. The molecule has 0 aliphatic heterocycles. The first-order chi connectivity index (χ1) is 15.0. The Morgan fingerprint density at radius 2 is 1.55 bits per heavy atom. The third-order valence-electron chi connectivity index (χ3n) is 5.68. The van der Waals surface area contributed by atoms with Gasteiger partial charge in [0.1, 0.15) is 17.2 Å². The quantitative estimate of drug-likeness (QED) is 0.316. The Balaban J connectivity index is 1.28. The summed E-state index contributed by atoms with van der Waals surface area (Å²) in [6.45, 7) is 2.36.